The summed E-state index contributed by atoms with van der Waals surface area (Å²) in [6.07, 6.45) is 6.45. The molecular weight excluding hydrogens is 456 g/mol. The van der Waals surface area contributed by atoms with E-state index in [0.717, 1.165) is 16.6 Å². The van der Waals surface area contributed by atoms with Crippen molar-refractivity contribution in [1.29, 1.82) is 0 Å². The summed E-state index contributed by atoms with van der Waals surface area (Å²) in [5.74, 6) is 0.757. The van der Waals surface area contributed by atoms with Crippen molar-refractivity contribution in [3.05, 3.63) is 57.2 Å². The Labute approximate surface area is 212 Å². The molecular formula is C28H38N4O4. The molecule has 1 fully saturated rings. The molecule has 8 nitrogen and oxygen atoms in total. The van der Waals surface area contributed by atoms with Gasteiger partial charge in [-0.25, -0.2) is 0 Å². The monoisotopic (exact) mass is 494 g/mol. The zero-order valence-corrected chi connectivity index (χ0v) is 22.2. The minimum absolute atomic E-state index is 0.0551. The van der Waals surface area contributed by atoms with Crippen molar-refractivity contribution in [1.82, 2.24) is 15.2 Å². The summed E-state index contributed by atoms with van der Waals surface area (Å²) in [5.41, 5.74) is 3.68. The lowest BCUT2D eigenvalue weighted by molar-refractivity contribution is 0.0951. The summed E-state index contributed by atoms with van der Waals surface area (Å²) in [6.45, 7) is 5.97. The number of nitrogens with zero attached hydrogens (tertiary/aromatic N) is 1. The average molecular weight is 495 g/mol. The van der Waals surface area contributed by atoms with Crippen LogP contribution in [0.15, 0.2) is 33.7 Å². The minimum atomic E-state index is -0.273. The standard InChI is InChI=1S/C28H38N4O4/c1-16-7-12-23-26(22(15-36-23)31-18(3)19-8-10-20(11-9-19)32(4)5)25(16)28(34)29-14-21-24(35-6)13-17(2)30-27(21)33/h7,12-13,15,18-20,31H,8-11,14H2,1-6H3,(H,29,34)(H,30,33). The molecule has 0 bridgehead atoms. The first kappa shape index (κ1) is 25.8. The fourth-order valence-corrected chi connectivity index (χ4v) is 5.41. The number of hydrogen-bond acceptors (Lipinski definition) is 6. The van der Waals surface area contributed by atoms with Gasteiger partial charge in [0.2, 0.25) is 0 Å². The highest BCUT2D eigenvalue weighted by molar-refractivity contribution is 6.11. The molecule has 3 aromatic rings. The van der Waals surface area contributed by atoms with Crippen LogP contribution in [0.4, 0.5) is 5.69 Å². The number of ether oxygens (including phenoxy) is 1. The van der Waals surface area contributed by atoms with E-state index in [0.29, 0.717) is 40.1 Å². The van der Waals surface area contributed by atoms with Gasteiger partial charge in [0.25, 0.3) is 11.5 Å². The van der Waals surface area contributed by atoms with E-state index in [1.165, 1.54) is 32.8 Å². The Morgan fingerprint density at radius 3 is 2.61 bits per heavy atom. The molecule has 1 unspecified atom stereocenters. The van der Waals surface area contributed by atoms with Crippen molar-refractivity contribution < 1.29 is 13.9 Å². The Bertz CT molecular complexity index is 1280. The molecule has 4 rings (SSSR count). The highest BCUT2D eigenvalue weighted by atomic mass is 16.5. The third-order valence-corrected chi connectivity index (χ3v) is 7.61. The molecule has 0 spiro atoms. The highest BCUT2D eigenvalue weighted by Crippen LogP contribution is 2.35. The normalized spacial score (nSPS) is 18.9. The molecule has 1 atom stereocenters. The summed E-state index contributed by atoms with van der Waals surface area (Å²) in [5, 5.41) is 7.34. The molecule has 2 aromatic heterocycles. The van der Waals surface area contributed by atoms with E-state index in [2.05, 4.69) is 41.5 Å². The van der Waals surface area contributed by atoms with Gasteiger partial charge in [-0.3, -0.25) is 9.59 Å². The molecule has 36 heavy (non-hydrogen) atoms. The van der Waals surface area contributed by atoms with Crippen LogP contribution < -0.4 is 20.9 Å². The van der Waals surface area contributed by atoms with Crippen LogP contribution in [0.1, 0.15) is 59.8 Å². The van der Waals surface area contributed by atoms with E-state index in [1.54, 1.807) is 19.3 Å². The van der Waals surface area contributed by atoms with Crippen LogP contribution in [0.5, 0.6) is 5.75 Å². The number of hydrogen-bond donors (Lipinski definition) is 3. The van der Waals surface area contributed by atoms with Crippen LogP contribution in [0.3, 0.4) is 0 Å². The molecule has 8 heteroatoms. The van der Waals surface area contributed by atoms with Crippen molar-refractivity contribution >= 4 is 22.6 Å². The minimum Gasteiger partial charge on any atom is -0.496 e. The summed E-state index contributed by atoms with van der Waals surface area (Å²) in [6, 6.07) is 6.44. The van der Waals surface area contributed by atoms with Crippen molar-refractivity contribution in [3.63, 3.8) is 0 Å². The smallest absolute Gasteiger partial charge is 0.256 e. The molecule has 1 saturated carbocycles. The van der Waals surface area contributed by atoms with Gasteiger partial charge in [-0.2, -0.15) is 0 Å². The third kappa shape index (κ3) is 5.28. The molecule has 1 aliphatic rings. The lowest BCUT2D eigenvalue weighted by Crippen LogP contribution is -2.36. The molecule has 0 aliphatic heterocycles. The summed E-state index contributed by atoms with van der Waals surface area (Å²) < 4.78 is 11.2. The zero-order valence-electron chi connectivity index (χ0n) is 22.2. The highest BCUT2D eigenvalue weighted by Gasteiger charge is 2.27. The summed E-state index contributed by atoms with van der Waals surface area (Å²) in [7, 11) is 5.83. The molecule has 1 aliphatic carbocycles. The lowest BCUT2D eigenvalue weighted by Gasteiger charge is -2.35. The van der Waals surface area contributed by atoms with Crippen LogP contribution >= 0.6 is 0 Å². The lowest BCUT2D eigenvalue weighted by atomic mass is 9.81. The maximum absolute atomic E-state index is 13.4. The Hall–Kier alpha value is -3.26. The number of rotatable bonds is 8. The number of methoxy groups -OCH3 is 1. The Morgan fingerprint density at radius 2 is 1.94 bits per heavy atom. The number of carbonyl (C=O) groups is 1. The number of furan rings is 1. The second kappa shape index (κ2) is 10.8. The molecule has 1 amide bonds. The predicted molar refractivity (Wildman–Crippen MR) is 143 cm³/mol. The number of aromatic amines is 1. The van der Waals surface area contributed by atoms with Gasteiger partial charge in [-0.05, 0) is 84.2 Å². The topological polar surface area (TPSA) is 99.6 Å². The molecule has 194 valence electrons. The van der Waals surface area contributed by atoms with Gasteiger partial charge in [0.05, 0.1) is 35.9 Å². The van der Waals surface area contributed by atoms with Gasteiger partial charge in [0.15, 0.2) is 0 Å². The number of anilines is 1. The van der Waals surface area contributed by atoms with E-state index < -0.39 is 0 Å². The van der Waals surface area contributed by atoms with Crippen molar-refractivity contribution in [3.8, 4) is 5.75 Å². The van der Waals surface area contributed by atoms with Gasteiger partial charge in [-0.15, -0.1) is 0 Å². The van der Waals surface area contributed by atoms with Crippen molar-refractivity contribution in [2.75, 3.05) is 26.5 Å². The van der Waals surface area contributed by atoms with Crippen LogP contribution in [-0.4, -0.2) is 49.1 Å². The number of amides is 1. The Morgan fingerprint density at radius 1 is 1.22 bits per heavy atom. The number of fused-ring (bicyclic) bond motifs is 1. The van der Waals surface area contributed by atoms with E-state index >= 15 is 0 Å². The number of pyridine rings is 1. The number of benzene rings is 1. The van der Waals surface area contributed by atoms with E-state index in [4.69, 9.17) is 9.15 Å². The van der Waals surface area contributed by atoms with Gasteiger partial charge in [0.1, 0.15) is 17.6 Å². The largest absolute Gasteiger partial charge is 0.496 e. The number of carbonyl (C=O) groups excluding carboxylic acids is 1. The van der Waals surface area contributed by atoms with Crippen LogP contribution in [-0.2, 0) is 6.54 Å². The first-order valence-electron chi connectivity index (χ1n) is 12.7. The van der Waals surface area contributed by atoms with Crippen LogP contribution in [0.25, 0.3) is 11.0 Å². The summed E-state index contributed by atoms with van der Waals surface area (Å²) >= 11 is 0. The maximum atomic E-state index is 13.4. The second-order valence-electron chi connectivity index (χ2n) is 10.3. The number of aryl methyl sites for hydroxylation is 2. The van der Waals surface area contributed by atoms with Gasteiger partial charge >= 0.3 is 0 Å². The first-order valence-corrected chi connectivity index (χ1v) is 12.7. The SMILES string of the molecule is COc1cc(C)[nH]c(=O)c1CNC(=O)c1c(C)ccc2occ(NC(C)C3CCC(N(C)C)CC3)c12. The molecule has 2 heterocycles. The maximum Gasteiger partial charge on any atom is 0.256 e. The molecule has 0 saturated heterocycles. The second-order valence-corrected chi connectivity index (χ2v) is 10.3. The summed E-state index contributed by atoms with van der Waals surface area (Å²) in [4.78, 5) is 31.0. The van der Waals surface area contributed by atoms with E-state index in [9.17, 15) is 9.59 Å². The first-order chi connectivity index (χ1) is 17.2. The number of H-pyrrole nitrogens is 1. The number of nitrogens with one attached hydrogen (secondary N) is 3. The average Bonchev–Trinajstić information content (AvgIpc) is 3.25. The van der Waals surface area contributed by atoms with Gasteiger partial charge in [0, 0.05) is 17.8 Å². The van der Waals surface area contributed by atoms with Gasteiger partial charge in [-0.1, -0.05) is 6.07 Å². The van der Waals surface area contributed by atoms with Crippen molar-refractivity contribution in [2.45, 2.75) is 65.1 Å². The Balaban J connectivity index is 1.55. The molecule has 3 N–H and O–H groups in total. The fraction of sp³-hybridized carbons (Fsp3) is 0.500. The van der Waals surface area contributed by atoms with E-state index in [1.807, 2.05) is 19.1 Å². The van der Waals surface area contributed by atoms with Crippen molar-refractivity contribution in [2.24, 2.45) is 5.92 Å². The fourth-order valence-electron chi connectivity index (χ4n) is 5.41. The van der Waals surface area contributed by atoms with E-state index in [-0.39, 0.29) is 24.1 Å². The van der Waals surface area contributed by atoms with Crippen LogP contribution in [0, 0.1) is 19.8 Å². The molecule has 1 aromatic carbocycles. The van der Waals surface area contributed by atoms with Gasteiger partial charge < -0.3 is 29.7 Å². The number of aromatic nitrogens is 1. The van der Waals surface area contributed by atoms with Crippen LogP contribution in [0.2, 0.25) is 0 Å². The Kier molecular flexibility index (Phi) is 7.73. The third-order valence-electron chi connectivity index (χ3n) is 7.61. The predicted octanol–water partition coefficient (Wildman–Crippen LogP) is 4.60. The molecule has 0 radical (unpaired) electrons. The zero-order chi connectivity index (χ0) is 26.0. The quantitative estimate of drug-likeness (QED) is 0.423.